The van der Waals surface area contributed by atoms with Gasteiger partial charge in [-0.15, -0.1) is 0 Å². The molecule has 2 rings (SSSR count). The molecule has 0 aliphatic heterocycles. The van der Waals surface area contributed by atoms with E-state index >= 15 is 0 Å². The van der Waals surface area contributed by atoms with Crippen molar-refractivity contribution in [3.8, 4) is 0 Å². The lowest BCUT2D eigenvalue weighted by molar-refractivity contribution is 0.606. The maximum Gasteiger partial charge on any atom is 0.224 e. The topological polar surface area (TPSA) is 49.8 Å². The van der Waals surface area contributed by atoms with Gasteiger partial charge in [0, 0.05) is 24.3 Å². The molecule has 2 aromatic rings. The van der Waals surface area contributed by atoms with E-state index in [0.717, 1.165) is 29.4 Å². The zero-order valence-corrected chi connectivity index (χ0v) is 13.2. The van der Waals surface area contributed by atoms with Crippen molar-refractivity contribution < 1.29 is 0 Å². The predicted molar refractivity (Wildman–Crippen MR) is 88.8 cm³/mol. The summed E-state index contributed by atoms with van der Waals surface area (Å²) in [4.78, 5) is 8.66. The number of hydrogen-bond donors (Lipinski definition) is 2. The number of nitrogens with zero attached hydrogens (tertiary/aromatic N) is 2. The van der Waals surface area contributed by atoms with Gasteiger partial charge >= 0.3 is 0 Å². The average Bonchev–Trinajstić information content (AvgIpc) is 2.46. The second-order valence-electron chi connectivity index (χ2n) is 5.32. The zero-order valence-electron chi connectivity index (χ0n) is 12.4. The second-order valence-corrected chi connectivity index (χ2v) is 5.73. The molecule has 0 aliphatic carbocycles. The summed E-state index contributed by atoms with van der Waals surface area (Å²) >= 11 is 6.13. The van der Waals surface area contributed by atoms with Gasteiger partial charge in [-0.3, -0.25) is 0 Å². The van der Waals surface area contributed by atoms with E-state index < -0.39 is 0 Å². The van der Waals surface area contributed by atoms with Crippen molar-refractivity contribution in [2.45, 2.75) is 26.8 Å². The molecule has 0 amide bonds. The Kier molecular flexibility index (Phi) is 5.81. The van der Waals surface area contributed by atoms with Crippen LogP contribution in [0.15, 0.2) is 36.5 Å². The van der Waals surface area contributed by atoms with Crippen LogP contribution in [-0.4, -0.2) is 16.5 Å². The standard InChI is InChI=1S/C16H21ClN4/c1-12(2)7-9-18-16-19-10-8-15(21-16)20-11-13-5-3-4-6-14(13)17/h3-6,8,10,12H,7,9,11H2,1-2H3,(H2,18,19,20,21). The fourth-order valence-electron chi connectivity index (χ4n) is 1.84. The fourth-order valence-corrected chi connectivity index (χ4v) is 2.05. The average molecular weight is 305 g/mol. The molecule has 5 heteroatoms. The third kappa shape index (κ3) is 5.23. The van der Waals surface area contributed by atoms with Crippen molar-refractivity contribution in [2.24, 2.45) is 5.92 Å². The Hall–Kier alpha value is -1.81. The first kappa shape index (κ1) is 15.6. The molecule has 21 heavy (non-hydrogen) atoms. The molecule has 0 atom stereocenters. The van der Waals surface area contributed by atoms with E-state index in [9.17, 15) is 0 Å². The molecule has 0 unspecified atom stereocenters. The Morgan fingerprint density at radius 2 is 1.95 bits per heavy atom. The van der Waals surface area contributed by atoms with Crippen LogP contribution in [0.25, 0.3) is 0 Å². The van der Waals surface area contributed by atoms with Gasteiger partial charge in [-0.1, -0.05) is 43.6 Å². The van der Waals surface area contributed by atoms with E-state index in [-0.39, 0.29) is 0 Å². The molecule has 0 fully saturated rings. The molecule has 0 radical (unpaired) electrons. The van der Waals surface area contributed by atoms with Gasteiger partial charge in [-0.25, -0.2) is 4.98 Å². The van der Waals surface area contributed by atoms with Gasteiger partial charge in [-0.2, -0.15) is 4.98 Å². The normalized spacial score (nSPS) is 10.7. The van der Waals surface area contributed by atoms with Gasteiger partial charge in [0.15, 0.2) is 0 Å². The number of anilines is 2. The van der Waals surface area contributed by atoms with Crippen LogP contribution in [-0.2, 0) is 6.54 Å². The van der Waals surface area contributed by atoms with Crippen LogP contribution >= 0.6 is 11.6 Å². The fraction of sp³-hybridized carbons (Fsp3) is 0.375. The molecule has 1 heterocycles. The maximum atomic E-state index is 6.13. The Morgan fingerprint density at radius 3 is 2.71 bits per heavy atom. The summed E-state index contributed by atoms with van der Waals surface area (Å²) in [6.07, 6.45) is 2.85. The molecule has 0 aliphatic rings. The van der Waals surface area contributed by atoms with Crippen LogP contribution in [0, 0.1) is 5.92 Å². The number of aromatic nitrogens is 2. The quantitative estimate of drug-likeness (QED) is 0.805. The number of benzene rings is 1. The number of rotatable bonds is 7. The minimum Gasteiger partial charge on any atom is -0.366 e. The highest BCUT2D eigenvalue weighted by atomic mass is 35.5. The lowest BCUT2D eigenvalue weighted by Gasteiger charge is -2.10. The zero-order chi connectivity index (χ0) is 15.1. The predicted octanol–water partition coefficient (Wildman–Crippen LogP) is 4.20. The highest BCUT2D eigenvalue weighted by Gasteiger charge is 2.02. The molecule has 0 saturated heterocycles. The largest absolute Gasteiger partial charge is 0.366 e. The van der Waals surface area contributed by atoms with Crippen molar-refractivity contribution in [2.75, 3.05) is 17.2 Å². The van der Waals surface area contributed by atoms with E-state index in [1.165, 1.54) is 0 Å². The molecule has 1 aromatic carbocycles. The van der Waals surface area contributed by atoms with Crippen LogP contribution in [0.1, 0.15) is 25.8 Å². The van der Waals surface area contributed by atoms with Gasteiger partial charge in [0.05, 0.1) is 0 Å². The van der Waals surface area contributed by atoms with Gasteiger partial charge in [0.25, 0.3) is 0 Å². The van der Waals surface area contributed by atoms with Crippen LogP contribution in [0.5, 0.6) is 0 Å². The van der Waals surface area contributed by atoms with Gasteiger partial charge < -0.3 is 10.6 Å². The van der Waals surface area contributed by atoms with Crippen LogP contribution < -0.4 is 10.6 Å². The summed E-state index contributed by atoms with van der Waals surface area (Å²) in [6, 6.07) is 9.63. The summed E-state index contributed by atoms with van der Waals surface area (Å²) < 4.78 is 0. The summed E-state index contributed by atoms with van der Waals surface area (Å²) in [5.74, 6) is 2.11. The molecular weight excluding hydrogens is 284 g/mol. The number of nitrogens with one attached hydrogen (secondary N) is 2. The summed E-state index contributed by atoms with van der Waals surface area (Å²) in [5, 5.41) is 7.26. The highest BCUT2D eigenvalue weighted by Crippen LogP contribution is 2.16. The minimum atomic E-state index is 0.641. The van der Waals surface area contributed by atoms with Crippen LogP contribution in [0.2, 0.25) is 5.02 Å². The molecule has 0 spiro atoms. The van der Waals surface area contributed by atoms with E-state index in [1.807, 2.05) is 30.3 Å². The Bertz CT molecular complexity index is 572. The molecule has 2 N–H and O–H groups in total. The lowest BCUT2D eigenvalue weighted by atomic mass is 10.1. The number of halogens is 1. The first-order valence-corrected chi connectivity index (χ1v) is 7.57. The van der Waals surface area contributed by atoms with E-state index in [0.29, 0.717) is 18.4 Å². The smallest absolute Gasteiger partial charge is 0.224 e. The second kappa shape index (κ2) is 7.84. The van der Waals surface area contributed by atoms with E-state index in [2.05, 4.69) is 34.4 Å². The maximum absolute atomic E-state index is 6.13. The highest BCUT2D eigenvalue weighted by molar-refractivity contribution is 6.31. The Labute approximate surface area is 131 Å². The van der Waals surface area contributed by atoms with Gasteiger partial charge in [-0.05, 0) is 30.0 Å². The third-order valence-corrected chi connectivity index (χ3v) is 3.45. The van der Waals surface area contributed by atoms with E-state index in [1.54, 1.807) is 6.20 Å². The molecule has 4 nitrogen and oxygen atoms in total. The van der Waals surface area contributed by atoms with Crippen LogP contribution in [0.4, 0.5) is 11.8 Å². The summed E-state index contributed by atoms with van der Waals surface area (Å²) in [6.45, 7) is 5.92. The monoisotopic (exact) mass is 304 g/mol. The summed E-state index contributed by atoms with van der Waals surface area (Å²) in [5.41, 5.74) is 1.05. The molecule has 112 valence electrons. The number of hydrogen-bond acceptors (Lipinski definition) is 4. The third-order valence-electron chi connectivity index (χ3n) is 3.08. The van der Waals surface area contributed by atoms with Crippen molar-refractivity contribution in [3.63, 3.8) is 0 Å². The van der Waals surface area contributed by atoms with Gasteiger partial charge in [0.2, 0.25) is 5.95 Å². The lowest BCUT2D eigenvalue weighted by Crippen LogP contribution is -2.09. The first-order chi connectivity index (χ1) is 10.1. The van der Waals surface area contributed by atoms with Gasteiger partial charge in [0.1, 0.15) is 5.82 Å². The van der Waals surface area contributed by atoms with Crippen LogP contribution in [0.3, 0.4) is 0 Å². The Balaban J connectivity index is 1.90. The van der Waals surface area contributed by atoms with E-state index in [4.69, 9.17) is 11.6 Å². The molecular formula is C16H21ClN4. The Morgan fingerprint density at radius 1 is 1.14 bits per heavy atom. The molecule has 1 aromatic heterocycles. The molecule has 0 saturated carbocycles. The first-order valence-electron chi connectivity index (χ1n) is 7.19. The molecule has 0 bridgehead atoms. The van der Waals surface area contributed by atoms with Crippen molar-refractivity contribution in [1.82, 2.24) is 9.97 Å². The van der Waals surface area contributed by atoms with Crippen molar-refractivity contribution >= 4 is 23.4 Å². The summed E-state index contributed by atoms with van der Waals surface area (Å²) in [7, 11) is 0. The van der Waals surface area contributed by atoms with Crippen molar-refractivity contribution in [3.05, 3.63) is 47.1 Å². The van der Waals surface area contributed by atoms with Crippen molar-refractivity contribution in [1.29, 1.82) is 0 Å². The minimum absolute atomic E-state index is 0.641. The SMILES string of the molecule is CC(C)CCNc1nccc(NCc2ccccc2Cl)n1.